The summed E-state index contributed by atoms with van der Waals surface area (Å²) < 4.78 is 6.17. The van der Waals surface area contributed by atoms with Gasteiger partial charge in [-0.3, -0.25) is 0 Å². The van der Waals surface area contributed by atoms with E-state index in [2.05, 4.69) is 59.9 Å². The fraction of sp³-hybridized carbons (Fsp3) is 0.115. The maximum absolute atomic E-state index is 6.22. The Kier molecular flexibility index (Phi) is 6.31. The monoisotopic (exact) mass is 414 g/mol. The van der Waals surface area contributed by atoms with Gasteiger partial charge in [0.1, 0.15) is 12.4 Å². The highest BCUT2D eigenvalue weighted by Crippen LogP contribution is 2.27. The Morgan fingerprint density at radius 3 is 2.50 bits per heavy atom. The van der Waals surface area contributed by atoms with Crippen LogP contribution in [-0.4, -0.2) is 6.21 Å². The third-order valence-electron chi connectivity index (χ3n) is 4.96. The highest BCUT2D eigenvalue weighted by atomic mass is 35.5. The van der Waals surface area contributed by atoms with Crippen LogP contribution in [0.1, 0.15) is 22.3 Å². The highest BCUT2D eigenvalue weighted by Gasteiger charge is 2.08. The number of hydrogen-bond acceptors (Lipinski definition) is 3. The molecular weight excluding hydrogens is 392 g/mol. The summed E-state index contributed by atoms with van der Waals surface area (Å²) in [5.41, 5.74) is 7.42. The first kappa shape index (κ1) is 20.0. The summed E-state index contributed by atoms with van der Waals surface area (Å²) in [7, 11) is 0. The molecule has 0 aliphatic rings. The van der Waals surface area contributed by atoms with Crippen molar-refractivity contribution in [1.29, 1.82) is 0 Å². The van der Waals surface area contributed by atoms with Crippen molar-refractivity contribution in [2.45, 2.75) is 20.1 Å². The van der Waals surface area contributed by atoms with Gasteiger partial charge in [0, 0.05) is 10.6 Å². The van der Waals surface area contributed by atoms with Crippen LogP contribution in [0.15, 0.2) is 90.0 Å². The molecule has 4 rings (SSSR count). The second-order valence-corrected chi connectivity index (χ2v) is 7.56. The van der Waals surface area contributed by atoms with Crippen molar-refractivity contribution in [3.8, 4) is 5.75 Å². The molecule has 4 aromatic rings. The second kappa shape index (κ2) is 9.47. The third-order valence-corrected chi connectivity index (χ3v) is 5.33. The van der Waals surface area contributed by atoms with Crippen LogP contribution in [0, 0.1) is 6.92 Å². The Balaban J connectivity index is 1.55. The molecule has 4 aromatic carbocycles. The van der Waals surface area contributed by atoms with E-state index in [0.29, 0.717) is 13.2 Å². The molecule has 0 bridgehead atoms. The van der Waals surface area contributed by atoms with Gasteiger partial charge < -0.3 is 10.2 Å². The van der Waals surface area contributed by atoms with Gasteiger partial charge in [0.2, 0.25) is 0 Å². The van der Waals surface area contributed by atoms with Gasteiger partial charge in [0.05, 0.1) is 12.8 Å². The summed E-state index contributed by atoms with van der Waals surface area (Å²) in [6, 6.07) is 28.5. The number of halogens is 1. The van der Waals surface area contributed by atoms with E-state index in [0.717, 1.165) is 38.2 Å². The van der Waals surface area contributed by atoms with Crippen molar-refractivity contribution in [2.24, 2.45) is 5.10 Å². The van der Waals surface area contributed by atoms with Crippen LogP contribution in [0.25, 0.3) is 10.8 Å². The average molecular weight is 415 g/mol. The minimum absolute atomic E-state index is 0.506. The van der Waals surface area contributed by atoms with E-state index in [1.807, 2.05) is 48.7 Å². The molecule has 4 heteroatoms. The molecule has 0 spiro atoms. The molecular formula is C26H23ClN2O. The predicted octanol–water partition coefficient (Wildman–Crippen LogP) is 6.50. The van der Waals surface area contributed by atoms with Gasteiger partial charge in [0.15, 0.2) is 0 Å². The maximum Gasteiger partial charge on any atom is 0.129 e. The first-order chi connectivity index (χ1) is 14.7. The smallest absolute Gasteiger partial charge is 0.129 e. The highest BCUT2D eigenvalue weighted by molar-refractivity contribution is 6.31. The lowest BCUT2D eigenvalue weighted by Gasteiger charge is -2.12. The minimum Gasteiger partial charge on any atom is -0.488 e. The molecule has 0 saturated carbocycles. The second-order valence-electron chi connectivity index (χ2n) is 7.16. The van der Waals surface area contributed by atoms with E-state index in [4.69, 9.17) is 16.3 Å². The molecule has 0 unspecified atom stereocenters. The quantitative estimate of drug-likeness (QED) is 0.276. The summed E-state index contributed by atoms with van der Waals surface area (Å²) >= 11 is 6.22. The molecule has 0 amide bonds. The molecule has 0 saturated heterocycles. The number of hydrazone groups is 1. The Morgan fingerprint density at radius 2 is 1.67 bits per heavy atom. The topological polar surface area (TPSA) is 33.6 Å². The third kappa shape index (κ3) is 4.81. The first-order valence-corrected chi connectivity index (χ1v) is 10.3. The van der Waals surface area contributed by atoms with Gasteiger partial charge in [-0.05, 0) is 41.0 Å². The van der Waals surface area contributed by atoms with Gasteiger partial charge >= 0.3 is 0 Å². The van der Waals surface area contributed by atoms with Crippen molar-refractivity contribution >= 4 is 28.6 Å². The van der Waals surface area contributed by atoms with Crippen LogP contribution in [0.2, 0.25) is 5.02 Å². The van der Waals surface area contributed by atoms with Crippen LogP contribution in [0.5, 0.6) is 5.75 Å². The Hall–Kier alpha value is -3.30. The average Bonchev–Trinajstić information content (AvgIpc) is 2.78. The van der Waals surface area contributed by atoms with Crippen LogP contribution in [0.3, 0.4) is 0 Å². The van der Waals surface area contributed by atoms with E-state index in [1.165, 1.54) is 5.56 Å². The van der Waals surface area contributed by atoms with Gasteiger partial charge in [0.25, 0.3) is 0 Å². The fourth-order valence-corrected chi connectivity index (χ4v) is 3.47. The summed E-state index contributed by atoms with van der Waals surface area (Å²) in [5, 5.41) is 7.42. The SMILES string of the molecule is Cc1ccc(COc2ccc3ccccc3c2/C=N\NCc2ccccc2Cl)cc1. The lowest BCUT2D eigenvalue weighted by Crippen LogP contribution is -2.07. The van der Waals surface area contributed by atoms with Crippen molar-refractivity contribution < 1.29 is 4.74 Å². The largest absolute Gasteiger partial charge is 0.488 e. The van der Waals surface area contributed by atoms with Crippen molar-refractivity contribution in [3.05, 3.63) is 112 Å². The molecule has 3 nitrogen and oxygen atoms in total. The number of rotatable bonds is 7. The molecule has 0 heterocycles. The molecule has 0 atom stereocenters. The van der Waals surface area contributed by atoms with E-state index in [-0.39, 0.29) is 0 Å². The molecule has 0 aliphatic heterocycles. The number of ether oxygens (including phenoxy) is 1. The van der Waals surface area contributed by atoms with E-state index in [9.17, 15) is 0 Å². The predicted molar refractivity (Wildman–Crippen MR) is 125 cm³/mol. The van der Waals surface area contributed by atoms with Crippen LogP contribution < -0.4 is 10.2 Å². The number of nitrogens with zero attached hydrogens (tertiary/aromatic N) is 1. The van der Waals surface area contributed by atoms with Crippen molar-refractivity contribution in [3.63, 3.8) is 0 Å². The Labute approximate surface area is 182 Å². The van der Waals surface area contributed by atoms with Gasteiger partial charge in [-0.25, -0.2) is 0 Å². The number of fused-ring (bicyclic) bond motifs is 1. The molecule has 1 N–H and O–H groups in total. The lowest BCUT2D eigenvalue weighted by molar-refractivity contribution is 0.306. The molecule has 0 fully saturated rings. The van der Waals surface area contributed by atoms with Crippen LogP contribution in [0.4, 0.5) is 0 Å². The van der Waals surface area contributed by atoms with Gasteiger partial charge in [-0.15, -0.1) is 0 Å². The summed E-state index contributed by atoms with van der Waals surface area (Å²) in [4.78, 5) is 0. The summed E-state index contributed by atoms with van der Waals surface area (Å²) in [5.74, 6) is 0.803. The standard InChI is InChI=1S/C26H23ClN2O/c1-19-10-12-20(13-11-19)18-30-26-15-14-21-6-2-4-8-23(21)24(26)17-29-28-16-22-7-3-5-9-25(22)27/h2-15,17,28H,16,18H2,1H3/b29-17-. The van der Waals surface area contributed by atoms with Gasteiger partial charge in [-0.1, -0.05) is 90.0 Å². The minimum atomic E-state index is 0.506. The number of benzene rings is 4. The number of hydrogen-bond donors (Lipinski definition) is 1. The Morgan fingerprint density at radius 1 is 0.900 bits per heavy atom. The van der Waals surface area contributed by atoms with Crippen molar-refractivity contribution in [1.82, 2.24) is 5.43 Å². The van der Waals surface area contributed by atoms with Gasteiger partial charge in [-0.2, -0.15) is 5.10 Å². The number of nitrogens with one attached hydrogen (secondary N) is 1. The van der Waals surface area contributed by atoms with E-state index in [1.54, 1.807) is 0 Å². The van der Waals surface area contributed by atoms with Crippen LogP contribution in [-0.2, 0) is 13.2 Å². The summed E-state index contributed by atoms with van der Waals surface area (Å²) in [6.07, 6.45) is 1.82. The van der Waals surface area contributed by atoms with Crippen LogP contribution >= 0.6 is 11.6 Å². The molecule has 0 radical (unpaired) electrons. The molecule has 0 aromatic heterocycles. The number of aryl methyl sites for hydroxylation is 1. The zero-order valence-electron chi connectivity index (χ0n) is 16.8. The lowest BCUT2D eigenvalue weighted by atomic mass is 10.0. The Bertz CT molecular complexity index is 1170. The van der Waals surface area contributed by atoms with E-state index >= 15 is 0 Å². The maximum atomic E-state index is 6.22. The molecule has 30 heavy (non-hydrogen) atoms. The summed E-state index contributed by atoms with van der Waals surface area (Å²) in [6.45, 7) is 3.14. The molecule has 150 valence electrons. The zero-order valence-corrected chi connectivity index (χ0v) is 17.6. The normalized spacial score (nSPS) is 11.1. The molecule has 0 aliphatic carbocycles. The van der Waals surface area contributed by atoms with Crippen molar-refractivity contribution in [2.75, 3.05) is 0 Å². The first-order valence-electron chi connectivity index (χ1n) is 9.90. The zero-order chi connectivity index (χ0) is 20.8. The fourth-order valence-electron chi connectivity index (χ4n) is 3.26. The van der Waals surface area contributed by atoms with E-state index < -0.39 is 0 Å².